The highest BCUT2D eigenvalue weighted by Gasteiger charge is 2.29. The molecule has 0 radical (unpaired) electrons. The maximum atomic E-state index is 5.64. The first-order valence-corrected chi connectivity index (χ1v) is 7.56. The summed E-state index contributed by atoms with van der Waals surface area (Å²) in [6.07, 6.45) is 8.06. The first-order valence-electron chi connectivity index (χ1n) is 7.56. The molecule has 0 spiro atoms. The Morgan fingerprint density at radius 1 is 1.26 bits per heavy atom. The van der Waals surface area contributed by atoms with Crippen molar-refractivity contribution in [3.8, 4) is 0 Å². The molecule has 0 aliphatic heterocycles. The average Bonchev–Trinajstić information content (AvgIpc) is 2.83. The summed E-state index contributed by atoms with van der Waals surface area (Å²) < 4.78 is 5.64. The second-order valence-corrected chi connectivity index (χ2v) is 6.09. The second kappa shape index (κ2) is 6.58. The highest BCUT2D eigenvalue weighted by Crippen LogP contribution is 2.30. The summed E-state index contributed by atoms with van der Waals surface area (Å²) in [5, 5.41) is 3.59. The zero-order valence-electron chi connectivity index (χ0n) is 12.7. The molecule has 0 bridgehead atoms. The minimum Gasteiger partial charge on any atom is -0.465 e. The van der Waals surface area contributed by atoms with Gasteiger partial charge in [0.05, 0.1) is 6.54 Å². The molecule has 0 amide bonds. The molecule has 1 heterocycles. The number of hydrogen-bond donors (Lipinski definition) is 1. The molecule has 1 aliphatic carbocycles. The van der Waals surface area contributed by atoms with Gasteiger partial charge in [0.25, 0.3) is 0 Å². The fourth-order valence-corrected chi connectivity index (χ4v) is 3.17. The molecular formula is C16H28N2O. The number of rotatable bonds is 6. The summed E-state index contributed by atoms with van der Waals surface area (Å²) in [6.45, 7) is 4.04. The van der Waals surface area contributed by atoms with Crippen LogP contribution in [0, 0.1) is 6.92 Å². The van der Waals surface area contributed by atoms with E-state index in [0.29, 0.717) is 5.54 Å². The molecule has 2 rings (SSSR count). The number of nitrogens with one attached hydrogen (secondary N) is 1. The van der Waals surface area contributed by atoms with E-state index in [0.717, 1.165) is 24.6 Å². The van der Waals surface area contributed by atoms with Gasteiger partial charge in [-0.25, -0.2) is 0 Å². The van der Waals surface area contributed by atoms with E-state index >= 15 is 0 Å². The van der Waals surface area contributed by atoms with E-state index in [-0.39, 0.29) is 0 Å². The van der Waals surface area contributed by atoms with Crippen LogP contribution in [0.5, 0.6) is 0 Å². The Balaban J connectivity index is 1.80. The van der Waals surface area contributed by atoms with Crippen LogP contribution in [0.4, 0.5) is 0 Å². The minimum atomic E-state index is 0.381. The van der Waals surface area contributed by atoms with Gasteiger partial charge in [-0.1, -0.05) is 19.3 Å². The van der Waals surface area contributed by atoms with Gasteiger partial charge in [0.2, 0.25) is 0 Å². The molecule has 1 saturated carbocycles. The lowest BCUT2D eigenvalue weighted by molar-refractivity contribution is 0.189. The van der Waals surface area contributed by atoms with Gasteiger partial charge in [0, 0.05) is 12.1 Å². The number of aryl methyl sites for hydroxylation is 1. The van der Waals surface area contributed by atoms with Crippen LogP contribution in [0.2, 0.25) is 0 Å². The quantitative estimate of drug-likeness (QED) is 0.854. The lowest BCUT2D eigenvalue weighted by Gasteiger charge is -2.38. The molecule has 1 aliphatic rings. The molecule has 1 N–H and O–H groups in total. The van der Waals surface area contributed by atoms with Crippen molar-refractivity contribution in [3.05, 3.63) is 23.7 Å². The van der Waals surface area contributed by atoms with E-state index in [4.69, 9.17) is 4.42 Å². The summed E-state index contributed by atoms with van der Waals surface area (Å²) >= 11 is 0. The third-order valence-corrected chi connectivity index (χ3v) is 4.53. The standard InChI is InChI=1S/C16H28N2O/c1-14-7-8-15(19-14)13-18(3)12-11-16(17-2)9-5-4-6-10-16/h7-8,17H,4-6,9-13H2,1-3H3. The summed E-state index contributed by atoms with van der Waals surface area (Å²) in [6, 6.07) is 4.12. The van der Waals surface area contributed by atoms with Gasteiger partial charge in [-0.15, -0.1) is 0 Å². The Hall–Kier alpha value is -0.800. The van der Waals surface area contributed by atoms with Crippen LogP contribution >= 0.6 is 0 Å². The fourth-order valence-electron chi connectivity index (χ4n) is 3.17. The molecule has 3 nitrogen and oxygen atoms in total. The SMILES string of the molecule is CNC1(CCN(C)Cc2ccc(C)o2)CCCCC1. The lowest BCUT2D eigenvalue weighted by atomic mass is 9.79. The summed E-state index contributed by atoms with van der Waals surface area (Å²) in [7, 11) is 4.31. The molecule has 0 atom stereocenters. The number of hydrogen-bond acceptors (Lipinski definition) is 3. The molecule has 1 aromatic rings. The van der Waals surface area contributed by atoms with Crippen molar-refractivity contribution >= 4 is 0 Å². The monoisotopic (exact) mass is 264 g/mol. The maximum Gasteiger partial charge on any atom is 0.118 e. The maximum absolute atomic E-state index is 5.64. The normalized spacial score (nSPS) is 18.9. The van der Waals surface area contributed by atoms with Crippen LogP contribution in [0.15, 0.2) is 16.5 Å². The molecule has 0 unspecified atom stereocenters. The third kappa shape index (κ3) is 4.08. The van der Waals surface area contributed by atoms with Crippen LogP contribution in [0.3, 0.4) is 0 Å². The van der Waals surface area contributed by atoms with Gasteiger partial charge in [0.15, 0.2) is 0 Å². The van der Waals surface area contributed by atoms with Crippen molar-refractivity contribution in [2.24, 2.45) is 0 Å². The first kappa shape index (κ1) is 14.6. The molecule has 1 aromatic heterocycles. The van der Waals surface area contributed by atoms with E-state index < -0.39 is 0 Å². The van der Waals surface area contributed by atoms with Gasteiger partial charge >= 0.3 is 0 Å². The van der Waals surface area contributed by atoms with Gasteiger partial charge < -0.3 is 9.73 Å². The van der Waals surface area contributed by atoms with Crippen molar-refractivity contribution in [2.45, 2.75) is 57.5 Å². The van der Waals surface area contributed by atoms with Crippen molar-refractivity contribution < 1.29 is 4.42 Å². The van der Waals surface area contributed by atoms with Crippen LogP contribution in [0.25, 0.3) is 0 Å². The smallest absolute Gasteiger partial charge is 0.118 e. The first-order chi connectivity index (χ1) is 9.13. The van der Waals surface area contributed by atoms with Crippen LogP contribution in [-0.4, -0.2) is 31.1 Å². The molecule has 1 fully saturated rings. The largest absolute Gasteiger partial charge is 0.465 e. The third-order valence-electron chi connectivity index (χ3n) is 4.53. The molecule has 0 aromatic carbocycles. The topological polar surface area (TPSA) is 28.4 Å². The van der Waals surface area contributed by atoms with Crippen LogP contribution < -0.4 is 5.32 Å². The molecule has 19 heavy (non-hydrogen) atoms. The van der Waals surface area contributed by atoms with E-state index in [1.165, 1.54) is 38.5 Å². The van der Waals surface area contributed by atoms with Crippen LogP contribution in [-0.2, 0) is 6.54 Å². The summed E-state index contributed by atoms with van der Waals surface area (Å²) in [5.74, 6) is 2.07. The van der Waals surface area contributed by atoms with Crippen molar-refractivity contribution in [1.29, 1.82) is 0 Å². The number of nitrogens with zero attached hydrogens (tertiary/aromatic N) is 1. The molecule has 3 heteroatoms. The Morgan fingerprint density at radius 3 is 2.58 bits per heavy atom. The predicted molar refractivity (Wildman–Crippen MR) is 79.3 cm³/mol. The Kier molecular flexibility index (Phi) is 5.06. The molecule has 0 saturated heterocycles. The van der Waals surface area contributed by atoms with Gasteiger partial charge in [0.1, 0.15) is 11.5 Å². The fraction of sp³-hybridized carbons (Fsp3) is 0.750. The second-order valence-electron chi connectivity index (χ2n) is 6.09. The Morgan fingerprint density at radius 2 is 2.00 bits per heavy atom. The highest BCUT2D eigenvalue weighted by molar-refractivity contribution is 5.05. The summed E-state index contributed by atoms with van der Waals surface area (Å²) in [5.41, 5.74) is 0.381. The van der Waals surface area contributed by atoms with E-state index in [9.17, 15) is 0 Å². The predicted octanol–water partition coefficient (Wildman–Crippen LogP) is 3.33. The Labute approximate surface area is 117 Å². The highest BCUT2D eigenvalue weighted by atomic mass is 16.3. The van der Waals surface area contributed by atoms with Gasteiger partial charge in [-0.2, -0.15) is 0 Å². The zero-order valence-corrected chi connectivity index (χ0v) is 12.7. The zero-order chi connectivity index (χ0) is 13.7. The number of furan rings is 1. The van der Waals surface area contributed by atoms with E-state index in [1.807, 2.05) is 13.0 Å². The van der Waals surface area contributed by atoms with Crippen molar-refractivity contribution in [1.82, 2.24) is 10.2 Å². The van der Waals surface area contributed by atoms with E-state index in [1.54, 1.807) is 0 Å². The minimum absolute atomic E-state index is 0.381. The van der Waals surface area contributed by atoms with Crippen molar-refractivity contribution in [3.63, 3.8) is 0 Å². The Bertz CT molecular complexity index is 380. The average molecular weight is 264 g/mol. The van der Waals surface area contributed by atoms with Crippen molar-refractivity contribution in [2.75, 3.05) is 20.6 Å². The summed E-state index contributed by atoms with van der Waals surface area (Å²) in [4.78, 5) is 2.37. The molecular weight excluding hydrogens is 236 g/mol. The van der Waals surface area contributed by atoms with Crippen LogP contribution in [0.1, 0.15) is 50.0 Å². The van der Waals surface area contributed by atoms with Gasteiger partial charge in [-0.3, -0.25) is 4.90 Å². The lowest BCUT2D eigenvalue weighted by Crippen LogP contribution is -2.46. The van der Waals surface area contributed by atoms with E-state index in [2.05, 4.69) is 30.4 Å². The molecule has 108 valence electrons. The van der Waals surface area contributed by atoms with Gasteiger partial charge in [-0.05, 0) is 52.4 Å².